The standard InChI is InChI=1S/C22H23NO2S/c1-17-11-13-20(14-12-17)26(24,25)23-15-19-9-5-6-10-21(22(19)16-23)18-7-3-2-4-8-18/h2-5,7-9,11-14,19H,6,10,15-16H2,1H3/t19-/m0/s1. The molecule has 2 aromatic carbocycles. The lowest BCUT2D eigenvalue weighted by Crippen LogP contribution is -2.28. The fraction of sp³-hybridized carbons (Fsp3) is 0.273. The van der Waals surface area contributed by atoms with Crippen LogP contribution in [0.2, 0.25) is 0 Å². The number of sulfonamides is 1. The summed E-state index contributed by atoms with van der Waals surface area (Å²) in [5.41, 5.74) is 4.83. The van der Waals surface area contributed by atoms with E-state index in [1.54, 1.807) is 16.4 Å². The van der Waals surface area contributed by atoms with E-state index in [1.807, 2.05) is 37.3 Å². The monoisotopic (exact) mass is 365 g/mol. The molecule has 4 heteroatoms. The van der Waals surface area contributed by atoms with Crippen molar-refractivity contribution in [1.82, 2.24) is 4.31 Å². The van der Waals surface area contributed by atoms with Crippen molar-refractivity contribution in [3.8, 4) is 0 Å². The van der Waals surface area contributed by atoms with E-state index < -0.39 is 10.0 Å². The van der Waals surface area contributed by atoms with Gasteiger partial charge in [0, 0.05) is 19.0 Å². The van der Waals surface area contributed by atoms with Gasteiger partial charge in [0.1, 0.15) is 0 Å². The first-order chi connectivity index (χ1) is 12.6. The van der Waals surface area contributed by atoms with Crippen molar-refractivity contribution in [2.75, 3.05) is 13.1 Å². The number of hydrogen-bond acceptors (Lipinski definition) is 2. The van der Waals surface area contributed by atoms with Crippen LogP contribution in [0.5, 0.6) is 0 Å². The zero-order valence-electron chi connectivity index (χ0n) is 14.9. The Balaban J connectivity index is 1.71. The Bertz CT molecular complexity index is 957. The van der Waals surface area contributed by atoms with Gasteiger partial charge in [-0.05, 0) is 48.6 Å². The normalized spacial score (nSPS) is 20.9. The van der Waals surface area contributed by atoms with Gasteiger partial charge in [-0.15, -0.1) is 0 Å². The predicted molar refractivity (Wildman–Crippen MR) is 105 cm³/mol. The lowest BCUT2D eigenvalue weighted by molar-refractivity contribution is 0.471. The van der Waals surface area contributed by atoms with E-state index in [9.17, 15) is 8.42 Å². The van der Waals surface area contributed by atoms with E-state index >= 15 is 0 Å². The SMILES string of the molecule is Cc1ccc(S(=O)(=O)N2CC3=C(c4ccccc4)CCC=C[C@H]3C2)cc1. The molecule has 1 aliphatic carbocycles. The molecule has 3 nitrogen and oxygen atoms in total. The number of allylic oxidation sites excluding steroid dienone is 2. The van der Waals surface area contributed by atoms with Crippen LogP contribution in [0.1, 0.15) is 24.0 Å². The summed E-state index contributed by atoms with van der Waals surface area (Å²) in [6, 6.07) is 17.5. The van der Waals surface area contributed by atoms with Gasteiger partial charge in [-0.25, -0.2) is 8.42 Å². The van der Waals surface area contributed by atoms with Crippen LogP contribution >= 0.6 is 0 Å². The van der Waals surface area contributed by atoms with E-state index in [-0.39, 0.29) is 5.92 Å². The largest absolute Gasteiger partial charge is 0.243 e. The molecule has 0 radical (unpaired) electrons. The first-order valence-electron chi connectivity index (χ1n) is 9.06. The fourth-order valence-electron chi connectivity index (χ4n) is 3.86. The first-order valence-corrected chi connectivity index (χ1v) is 10.5. The summed E-state index contributed by atoms with van der Waals surface area (Å²) in [5.74, 6) is 0.174. The molecular weight excluding hydrogens is 342 g/mol. The van der Waals surface area contributed by atoms with Crippen LogP contribution in [0, 0.1) is 12.8 Å². The smallest absolute Gasteiger partial charge is 0.207 e. The second-order valence-electron chi connectivity index (χ2n) is 7.05. The highest BCUT2D eigenvalue weighted by Gasteiger charge is 2.36. The molecule has 2 aromatic rings. The molecule has 1 heterocycles. The summed E-state index contributed by atoms with van der Waals surface area (Å²) in [6.45, 7) is 2.97. The van der Waals surface area contributed by atoms with Gasteiger partial charge in [-0.2, -0.15) is 4.31 Å². The highest BCUT2D eigenvalue weighted by atomic mass is 32.2. The van der Waals surface area contributed by atoms with Crippen molar-refractivity contribution in [3.05, 3.63) is 83.4 Å². The van der Waals surface area contributed by atoms with Gasteiger partial charge < -0.3 is 0 Å². The molecule has 0 N–H and O–H groups in total. The van der Waals surface area contributed by atoms with Crippen molar-refractivity contribution < 1.29 is 8.42 Å². The molecule has 0 unspecified atom stereocenters. The van der Waals surface area contributed by atoms with Gasteiger partial charge in [0.15, 0.2) is 0 Å². The Morgan fingerprint density at radius 3 is 2.46 bits per heavy atom. The number of rotatable bonds is 3. The van der Waals surface area contributed by atoms with E-state index in [4.69, 9.17) is 0 Å². The van der Waals surface area contributed by atoms with Crippen molar-refractivity contribution in [2.45, 2.75) is 24.7 Å². The quantitative estimate of drug-likeness (QED) is 0.755. The summed E-state index contributed by atoms with van der Waals surface area (Å²) < 4.78 is 27.8. The van der Waals surface area contributed by atoms with Crippen molar-refractivity contribution in [2.24, 2.45) is 5.92 Å². The number of nitrogens with zero attached hydrogens (tertiary/aromatic N) is 1. The molecule has 0 saturated carbocycles. The predicted octanol–water partition coefficient (Wildman–Crippen LogP) is 4.42. The number of hydrogen-bond donors (Lipinski definition) is 0. The maximum absolute atomic E-state index is 13.1. The Hall–Kier alpha value is -2.17. The molecule has 134 valence electrons. The minimum atomic E-state index is -3.47. The third-order valence-corrected chi connectivity index (χ3v) is 7.12. The Morgan fingerprint density at radius 1 is 1.00 bits per heavy atom. The topological polar surface area (TPSA) is 37.4 Å². The molecule has 0 bridgehead atoms. The van der Waals surface area contributed by atoms with Crippen molar-refractivity contribution in [1.29, 1.82) is 0 Å². The van der Waals surface area contributed by atoms with Crippen LogP contribution in [0.25, 0.3) is 5.57 Å². The van der Waals surface area contributed by atoms with Crippen molar-refractivity contribution >= 4 is 15.6 Å². The van der Waals surface area contributed by atoms with Gasteiger partial charge in [0.05, 0.1) is 4.90 Å². The molecule has 1 saturated heterocycles. The maximum Gasteiger partial charge on any atom is 0.243 e. The summed E-state index contributed by atoms with van der Waals surface area (Å²) in [6.07, 6.45) is 6.36. The third kappa shape index (κ3) is 3.15. The van der Waals surface area contributed by atoms with Gasteiger partial charge in [0.2, 0.25) is 10.0 Å². The maximum atomic E-state index is 13.1. The van der Waals surface area contributed by atoms with Gasteiger partial charge in [-0.3, -0.25) is 0 Å². The third-order valence-electron chi connectivity index (χ3n) is 5.29. The Morgan fingerprint density at radius 2 is 1.73 bits per heavy atom. The number of benzene rings is 2. The Kier molecular flexibility index (Phi) is 4.55. The van der Waals surface area contributed by atoms with E-state index in [2.05, 4.69) is 24.3 Å². The van der Waals surface area contributed by atoms with Crippen LogP contribution in [-0.4, -0.2) is 25.8 Å². The minimum absolute atomic E-state index is 0.174. The number of aryl methyl sites for hydroxylation is 1. The molecule has 1 aliphatic heterocycles. The second kappa shape index (κ2) is 6.86. The summed E-state index contributed by atoms with van der Waals surface area (Å²) in [4.78, 5) is 0.380. The molecular formula is C22H23NO2S. The lowest BCUT2D eigenvalue weighted by Gasteiger charge is -2.16. The van der Waals surface area contributed by atoms with Gasteiger partial charge in [-0.1, -0.05) is 60.2 Å². The highest BCUT2D eigenvalue weighted by Crippen LogP contribution is 2.38. The fourth-order valence-corrected chi connectivity index (χ4v) is 5.30. The van der Waals surface area contributed by atoms with Crippen LogP contribution in [0.3, 0.4) is 0 Å². The molecule has 0 aromatic heterocycles. The molecule has 2 aliphatic rings. The summed E-state index contributed by atoms with van der Waals surface area (Å²) >= 11 is 0. The average molecular weight is 365 g/mol. The zero-order valence-corrected chi connectivity index (χ0v) is 15.7. The lowest BCUT2D eigenvalue weighted by atomic mass is 9.92. The average Bonchev–Trinajstić information content (AvgIpc) is 2.98. The first kappa shape index (κ1) is 17.3. The van der Waals surface area contributed by atoms with Crippen molar-refractivity contribution in [3.63, 3.8) is 0 Å². The van der Waals surface area contributed by atoms with Gasteiger partial charge in [0.25, 0.3) is 0 Å². The van der Waals surface area contributed by atoms with Crippen LogP contribution in [0.15, 0.2) is 77.2 Å². The van der Waals surface area contributed by atoms with E-state index in [0.29, 0.717) is 18.0 Å². The van der Waals surface area contributed by atoms with Crippen LogP contribution in [0.4, 0.5) is 0 Å². The molecule has 26 heavy (non-hydrogen) atoms. The molecule has 4 rings (SSSR count). The zero-order chi connectivity index (χ0) is 18.1. The Labute approximate surface area is 155 Å². The van der Waals surface area contributed by atoms with Crippen LogP contribution in [-0.2, 0) is 10.0 Å². The minimum Gasteiger partial charge on any atom is -0.207 e. The number of fused-ring (bicyclic) bond motifs is 1. The molecule has 1 fully saturated rings. The molecule has 0 amide bonds. The molecule has 1 atom stereocenters. The summed E-state index contributed by atoms with van der Waals surface area (Å²) in [5, 5.41) is 0. The highest BCUT2D eigenvalue weighted by molar-refractivity contribution is 7.89. The second-order valence-corrected chi connectivity index (χ2v) is 8.99. The van der Waals surface area contributed by atoms with E-state index in [1.165, 1.54) is 16.7 Å². The molecule has 0 spiro atoms. The summed E-state index contributed by atoms with van der Waals surface area (Å²) in [7, 11) is -3.47. The van der Waals surface area contributed by atoms with E-state index in [0.717, 1.165) is 18.4 Å². The van der Waals surface area contributed by atoms with Gasteiger partial charge >= 0.3 is 0 Å². The van der Waals surface area contributed by atoms with Crippen LogP contribution < -0.4 is 0 Å².